The number of aliphatic imine (C=N–C) groups is 1. The number of nitrogens with zero attached hydrogens (tertiary/aromatic N) is 1. The molecule has 0 spiro atoms. The Kier molecular flexibility index (Phi) is 3.61. The van der Waals surface area contributed by atoms with E-state index in [-0.39, 0.29) is 17.3 Å². The monoisotopic (exact) mass is 255 g/mol. The highest BCUT2D eigenvalue weighted by atomic mass is 16.3. The van der Waals surface area contributed by atoms with E-state index in [1.54, 1.807) is 30.3 Å². The van der Waals surface area contributed by atoms with Crippen LogP contribution < -0.4 is 0 Å². The van der Waals surface area contributed by atoms with Crippen LogP contribution in [0.2, 0.25) is 0 Å². The Morgan fingerprint density at radius 2 is 1.79 bits per heavy atom. The molecule has 19 heavy (non-hydrogen) atoms. The minimum atomic E-state index is -0.0379. The van der Waals surface area contributed by atoms with E-state index >= 15 is 0 Å². The average Bonchev–Trinajstić information content (AvgIpc) is 2.38. The van der Waals surface area contributed by atoms with E-state index in [2.05, 4.69) is 4.99 Å². The zero-order valence-corrected chi connectivity index (χ0v) is 10.4. The van der Waals surface area contributed by atoms with Gasteiger partial charge in [0.15, 0.2) is 5.78 Å². The summed E-state index contributed by atoms with van der Waals surface area (Å²) in [5.41, 5.74) is 1.82. The second-order valence-corrected chi connectivity index (χ2v) is 4.10. The van der Waals surface area contributed by atoms with Gasteiger partial charge in [0, 0.05) is 23.4 Å². The van der Waals surface area contributed by atoms with Crippen LogP contribution >= 0.6 is 0 Å². The summed E-state index contributed by atoms with van der Waals surface area (Å²) in [6.07, 6.45) is 1.50. The molecule has 2 aromatic rings. The Bertz CT molecular complexity index is 630. The van der Waals surface area contributed by atoms with Crippen LogP contribution in [0.15, 0.2) is 47.5 Å². The van der Waals surface area contributed by atoms with Crippen molar-refractivity contribution in [2.75, 3.05) is 0 Å². The Morgan fingerprint density at radius 3 is 2.37 bits per heavy atom. The second-order valence-electron chi connectivity index (χ2n) is 4.10. The van der Waals surface area contributed by atoms with Crippen LogP contribution in [0.4, 0.5) is 5.69 Å². The molecule has 4 heteroatoms. The predicted molar refractivity (Wildman–Crippen MR) is 73.5 cm³/mol. The number of benzene rings is 2. The molecule has 0 saturated heterocycles. The fourth-order valence-electron chi connectivity index (χ4n) is 1.57. The summed E-state index contributed by atoms with van der Waals surface area (Å²) in [5, 5.41) is 18.8. The van der Waals surface area contributed by atoms with Gasteiger partial charge in [0.05, 0.1) is 5.69 Å². The summed E-state index contributed by atoms with van der Waals surface area (Å²) < 4.78 is 0. The van der Waals surface area contributed by atoms with E-state index in [1.165, 1.54) is 25.3 Å². The number of phenolic OH excluding ortho intramolecular Hbond substituents is 2. The zero-order chi connectivity index (χ0) is 13.8. The summed E-state index contributed by atoms with van der Waals surface area (Å²) >= 11 is 0. The van der Waals surface area contributed by atoms with Crippen molar-refractivity contribution < 1.29 is 15.0 Å². The van der Waals surface area contributed by atoms with E-state index < -0.39 is 0 Å². The lowest BCUT2D eigenvalue weighted by Gasteiger charge is -2.00. The predicted octanol–water partition coefficient (Wildman–Crippen LogP) is 3.05. The Labute approximate surface area is 110 Å². The molecule has 0 amide bonds. The van der Waals surface area contributed by atoms with Crippen molar-refractivity contribution in [2.45, 2.75) is 6.92 Å². The average molecular weight is 255 g/mol. The lowest BCUT2D eigenvalue weighted by molar-refractivity contribution is 0.101. The molecule has 4 nitrogen and oxygen atoms in total. The Morgan fingerprint density at radius 1 is 1.11 bits per heavy atom. The first-order valence-electron chi connectivity index (χ1n) is 5.73. The third-order valence-corrected chi connectivity index (χ3v) is 2.64. The lowest BCUT2D eigenvalue weighted by Crippen LogP contribution is -1.89. The van der Waals surface area contributed by atoms with E-state index in [1.807, 2.05) is 0 Å². The van der Waals surface area contributed by atoms with Crippen LogP contribution in [0.1, 0.15) is 22.8 Å². The number of hydrogen-bond acceptors (Lipinski definition) is 4. The van der Waals surface area contributed by atoms with E-state index in [0.29, 0.717) is 16.8 Å². The molecule has 0 aromatic heterocycles. The molecule has 0 fully saturated rings. The van der Waals surface area contributed by atoms with E-state index in [4.69, 9.17) is 5.11 Å². The van der Waals surface area contributed by atoms with Gasteiger partial charge in [-0.2, -0.15) is 0 Å². The maximum atomic E-state index is 11.1. The minimum absolute atomic E-state index is 0.000427. The van der Waals surface area contributed by atoms with Crippen LogP contribution in [0, 0.1) is 0 Å². The van der Waals surface area contributed by atoms with Gasteiger partial charge in [-0.05, 0) is 43.3 Å². The molecule has 96 valence electrons. The third kappa shape index (κ3) is 3.19. The maximum absolute atomic E-state index is 11.1. The molecule has 2 N–H and O–H groups in total. The van der Waals surface area contributed by atoms with E-state index in [9.17, 15) is 9.90 Å². The van der Waals surface area contributed by atoms with Crippen molar-refractivity contribution in [3.8, 4) is 11.5 Å². The van der Waals surface area contributed by atoms with Crippen molar-refractivity contribution >= 4 is 17.7 Å². The lowest BCUT2D eigenvalue weighted by atomic mass is 10.1. The molecular weight excluding hydrogens is 242 g/mol. The summed E-state index contributed by atoms with van der Waals surface area (Å²) in [5.74, 6) is -0.0312. The number of Topliss-reactive ketones (excluding diaryl/α,β-unsaturated/α-hetero) is 1. The molecule has 0 unspecified atom stereocenters. The molecule has 0 heterocycles. The van der Waals surface area contributed by atoms with Gasteiger partial charge in [-0.3, -0.25) is 9.79 Å². The highest BCUT2D eigenvalue weighted by molar-refractivity contribution is 5.94. The topological polar surface area (TPSA) is 69.9 Å². The van der Waals surface area contributed by atoms with Crippen molar-refractivity contribution in [3.63, 3.8) is 0 Å². The molecule has 0 radical (unpaired) electrons. The SMILES string of the molecule is CC(=O)c1ccc(N=Cc2ccc(O)cc2O)cc1. The maximum Gasteiger partial charge on any atom is 0.159 e. The van der Waals surface area contributed by atoms with Crippen LogP contribution in [0.3, 0.4) is 0 Å². The van der Waals surface area contributed by atoms with Crippen LogP contribution in [0.25, 0.3) is 0 Å². The summed E-state index contributed by atoms with van der Waals surface area (Å²) in [6, 6.07) is 11.1. The zero-order valence-electron chi connectivity index (χ0n) is 10.4. The number of carbonyl (C=O) groups is 1. The Hall–Kier alpha value is -2.62. The fraction of sp³-hybridized carbons (Fsp3) is 0.0667. The van der Waals surface area contributed by atoms with Gasteiger partial charge in [0.25, 0.3) is 0 Å². The molecule has 0 aliphatic rings. The van der Waals surface area contributed by atoms with Gasteiger partial charge in [0.2, 0.25) is 0 Å². The molecule has 0 aliphatic heterocycles. The molecule has 0 aliphatic carbocycles. The Balaban J connectivity index is 2.20. The van der Waals surface area contributed by atoms with Gasteiger partial charge in [-0.25, -0.2) is 0 Å². The number of aromatic hydroxyl groups is 2. The molecule has 0 bridgehead atoms. The quantitative estimate of drug-likeness (QED) is 0.654. The van der Waals surface area contributed by atoms with Crippen molar-refractivity contribution in [1.29, 1.82) is 0 Å². The largest absolute Gasteiger partial charge is 0.508 e. The molecule has 2 rings (SSSR count). The highest BCUT2D eigenvalue weighted by Gasteiger charge is 2.00. The minimum Gasteiger partial charge on any atom is -0.508 e. The number of hydrogen-bond donors (Lipinski definition) is 2. The number of phenols is 2. The van der Waals surface area contributed by atoms with Crippen LogP contribution in [0.5, 0.6) is 11.5 Å². The molecule has 2 aromatic carbocycles. The van der Waals surface area contributed by atoms with Gasteiger partial charge in [-0.1, -0.05) is 0 Å². The first-order chi connectivity index (χ1) is 9.06. The van der Waals surface area contributed by atoms with E-state index in [0.717, 1.165) is 0 Å². The van der Waals surface area contributed by atoms with Gasteiger partial charge < -0.3 is 10.2 Å². The van der Waals surface area contributed by atoms with Crippen LogP contribution in [-0.2, 0) is 0 Å². The van der Waals surface area contributed by atoms with Crippen molar-refractivity contribution in [1.82, 2.24) is 0 Å². The second kappa shape index (κ2) is 5.35. The van der Waals surface area contributed by atoms with Gasteiger partial charge in [-0.15, -0.1) is 0 Å². The van der Waals surface area contributed by atoms with Crippen molar-refractivity contribution in [3.05, 3.63) is 53.6 Å². The summed E-state index contributed by atoms with van der Waals surface area (Å²) in [6.45, 7) is 1.51. The number of rotatable bonds is 3. The van der Waals surface area contributed by atoms with Gasteiger partial charge >= 0.3 is 0 Å². The third-order valence-electron chi connectivity index (χ3n) is 2.64. The summed E-state index contributed by atoms with van der Waals surface area (Å²) in [7, 11) is 0. The first kappa shape index (κ1) is 12.8. The van der Waals surface area contributed by atoms with Crippen LogP contribution in [-0.4, -0.2) is 22.2 Å². The first-order valence-corrected chi connectivity index (χ1v) is 5.73. The molecular formula is C15H13NO3. The number of ketones is 1. The summed E-state index contributed by atoms with van der Waals surface area (Å²) in [4.78, 5) is 15.3. The number of carbonyl (C=O) groups excluding carboxylic acids is 1. The fourth-order valence-corrected chi connectivity index (χ4v) is 1.57. The smallest absolute Gasteiger partial charge is 0.159 e. The molecule has 0 atom stereocenters. The van der Waals surface area contributed by atoms with Gasteiger partial charge in [0.1, 0.15) is 11.5 Å². The molecule has 0 saturated carbocycles. The normalized spacial score (nSPS) is 10.8. The van der Waals surface area contributed by atoms with Crippen molar-refractivity contribution in [2.24, 2.45) is 4.99 Å². The highest BCUT2D eigenvalue weighted by Crippen LogP contribution is 2.22. The standard InChI is InChI=1S/C15H13NO3/c1-10(17)11-2-5-13(6-3-11)16-9-12-4-7-14(18)8-15(12)19/h2-9,18-19H,1H3.